The number of likely N-dealkylation sites (tertiary alicyclic amines) is 1. The number of azide groups is 1. The number of rotatable bonds is 4. The Hall–Kier alpha value is -2.07. The molecule has 0 spiro atoms. The highest BCUT2D eigenvalue weighted by atomic mass is 16.2. The number of amides is 1. The van der Waals surface area contributed by atoms with Gasteiger partial charge in [-0.1, -0.05) is 11.2 Å². The number of aryl methyl sites for hydroxylation is 1. The predicted octanol–water partition coefficient (Wildman–Crippen LogP) is 2.05. The van der Waals surface area contributed by atoms with Crippen LogP contribution < -0.4 is 0 Å². The van der Waals surface area contributed by atoms with Gasteiger partial charge in [-0.05, 0) is 30.0 Å². The van der Waals surface area contributed by atoms with Crippen molar-refractivity contribution in [1.29, 1.82) is 0 Å². The number of hydrogen-bond acceptors (Lipinski definition) is 3. The molecular formula is C12H15N5O. The van der Waals surface area contributed by atoms with Gasteiger partial charge in [-0.2, -0.15) is 0 Å². The quantitative estimate of drug-likeness (QED) is 0.462. The third-order valence-electron chi connectivity index (χ3n) is 3.02. The van der Waals surface area contributed by atoms with Gasteiger partial charge in [-0.15, -0.1) is 0 Å². The van der Waals surface area contributed by atoms with E-state index in [0.717, 1.165) is 11.3 Å². The Balaban J connectivity index is 1.95. The topological polar surface area (TPSA) is 82.0 Å². The summed E-state index contributed by atoms with van der Waals surface area (Å²) in [5.74, 6) is 0.245. The molecule has 1 amide bonds. The Kier molecular flexibility index (Phi) is 3.79. The van der Waals surface area contributed by atoms with Gasteiger partial charge in [0, 0.05) is 30.6 Å². The van der Waals surface area contributed by atoms with Crippen LogP contribution in [0.4, 0.5) is 0 Å². The van der Waals surface area contributed by atoms with Crippen LogP contribution in [0.2, 0.25) is 0 Å². The maximum absolute atomic E-state index is 11.8. The zero-order valence-electron chi connectivity index (χ0n) is 10.3. The number of pyridine rings is 1. The Morgan fingerprint density at radius 2 is 2.44 bits per heavy atom. The molecule has 6 heteroatoms. The molecule has 1 saturated heterocycles. The highest BCUT2D eigenvalue weighted by Gasteiger charge is 2.28. The zero-order valence-corrected chi connectivity index (χ0v) is 10.3. The number of carbonyl (C=O) groups excluding carboxylic acids is 1. The molecule has 0 saturated carbocycles. The smallest absolute Gasteiger partial charge is 0.223 e. The Bertz CT molecular complexity index is 478. The summed E-state index contributed by atoms with van der Waals surface area (Å²) in [5.41, 5.74) is 10.3. The highest BCUT2D eigenvalue weighted by Crippen LogP contribution is 2.20. The molecule has 1 aromatic heterocycles. The van der Waals surface area contributed by atoms with Crippen LogP contribution in [0.1, 0.15) is 17.7 Å². The first kappa shape index (κ1) is 12.4. The Morgan fingerprint density at radius 3 is 3.11 bits per heavy atom. The zero-order chi connectivity index (χ0) is 13.0. The number of aromatic nitrogens is 1. The maximum Gasteiger partial charge on any atom is 0.223 e. The first-order valence-corrected chi connectivity index (χ1v) is 5.89. The van der Waals surface area contributed by atoms with Gasteiger partial charge in [0.25, 0.3) is 0 Å². The molecule has 0 bridgehead atoms. The molecule has 94 valence electrons. The first-order valence-electron chi connectivity index (χ1n) is 5.89. The second kappa shape index (κ2) is 5.51. The fourth-order valence-electron chi connectivity index (χ4n) is 2.07. The van der Waals surface area contributed by atoms with E-state index >= 15 is 0 Å². The molecule has 1 aliphatic rings. The average molecular weight is 245 g/mol. The van der Waals surface area contributed by atoms with Crippen LogP contribution >= 0.6 is 0 Å². The highest BCUT2D eigenvalue weighted by molar-refractivity contribution is 5.78. The molecule has 1 atom stereocenters. The van der Waals surface area contributed by atoms with Crippen molar-refractivity contribution in [1.82, 2.24) is 9.88 Å². The number of nitrogens with zero attached hydrogens (tertiary/aromatic N) is 5. The van der Waals surface area contributed by atoms with E-state index in [0.29, 0.717) is 26.1 Å². The molecule has 1 unspecified atom stereocenters. The molecule has 1 aliphatic heterocycles. The van der Waals surface area contributed by atoms with E-state index in [1.54, 1.807) is 11.1 Å². The third-order valence-corrected chi connectivity index (χ3v) is 3.02. The monoisotopic (exact) mass is 245 g/mol. The molecule has 0 aromatic carbocycles. The van der Waals surface area contributed by atoms with Crippen LogP contribution in [0.15, 0.2) is 23.4 Å². The van der Waals surface area contributed by atoms with Gasteiger partial charge >= 0.3 is 0 Å². The second-order valence-electron chi connectivity index (χ2n) is 4.58. The first-order chi connectivity index (χ1) is 8.69. The van der Waals surface area contributed by atoms with Crippen molar-refractivity contribution in [3.8, 4) is 0 Å². The lowest BCUT2D eigenvalue weighted by atomic mass is 10.1. The largest absolute Gasteiger partial charge is 0.336 e. The molecule has 2 rings (SSSR count). The molecule has 1 aromatic rings. The van der Waals surface area contributed by atoms with Gasteiger partial charge in [0.2, 0.25) is 5.91 Å². The van der Waals surface area contributed by atoms with E-state index in [1.807, 2.05) is 19.1 Å². The molecular weight excluding hydrogens is 230 g/mol. The minimum atomic E-state index is 0.107. The summed E-state index contributed by atoms with van der Waals surface area (Å²) < 4.78 is 0. The van der Waals surface area contributed by atoms with E-state index in [2.05, 4.69) is 15.0 Å². The predicted molar refractivity (Wildman–Crippen MR) is 66.5 cm³/mol. The van der Waals surface area contributed by atoms with Crippen LogP contribution in [0, 0.1) is 12.8 Å². The van der Waals surface area contributed by atoms with E-state index in [9.17, 15) is 4.79 Å². The van der Waals surface area contributed by atoms with Crippen LogP contribution in [0.3, 0.4) is 0 Å². The van der Waals surface area contributed by atoms with Crippen molar-refractivity contribution in [3.63, 3.8) is 0 Å². The molecule has 6 nitrogen and oxygen atoms in total. The summed E-state index contributed by atoms with van der Waals surface area (Å²) in [4.78, 5) is 20.6. The van der Waals surface area contributed by atoms with Crippen molar-refractivity contribution in [2.24, 2.45) is 11.0 Å². The van der Waals surface area contributed by atoms with Crippen LogP contribution in [0.5, 0.6) is 0 Å². The summed E-state index contributed by atoms with van der Waals surface area (Å²) in [5, 5.41) is 3.53. The average Bonchev–Trinajstić information content (AvgIpc) is 2.70. The third kappa shape index (κ3) is 2.99. The standard InChI is InChI=1S/C12H15N5O/c1-9-2-3-11(14-5-9)8-17-7-10(4-12(17)18)6-15-16-13/h2-3,5,10H,4,6-8H2,1H3. The van der Waals surface area contributed by atoms with E-state index in [-0.39, 0.29) is 11.8 Å². The van der Waals surface area contributed by atoms with Gasteiger partial charge in [0.15, 0.2) is 0 Å². The molecule has 18 heavy (non-hydrogen) atoms. The second-order valence-corrected chi connectivity index (χ2v) is 4.58. The van der Waals surface area contributed by atoms with Gasteiger partial charge < -0.3 is 4.90 Å². The summed E-state index contributed by atoms with van der Waals surface area (Å²) in [6.45, 7) is 3.55. The molecule has 0 radical (unpaired) electrons. The fourth-order valence-corrected chi connectivity index (χ4v) is 2.07. The van der Waals surface area contributed by atoms with Gasteiger partial charge in [-0.25, -0.2) is 0 Å². The van der Waals surface area contributed by atoms with Crippen LogP contribution in [-0.4, -0.2) is 28.9 Å². The van der Waals surface area contributed by atoms with Gasteiger partial charge in [-0.3, -0.25) is 9.78 Å². The maximum atomic E-state index is 11.8. The summed E-state index contributed by atoms with van der Waals surface area (Å²) >= 11 is 0. The Labute approximate surface area is 105 Å². The minimum Gasteiger partial charge on any atom is -0.336 e. The number of carbonyl (C=O) groups is 1. The lowest BCUT2D eigenvalue weighted by Crippen LogP contribution is -2.25. The lowest BCUT2D eigenvalue weighted by molar-refractivity contribution is -0.128. The summed E-state index contributed by atoms with van der Waals surface area (Å²) in [6.07, 6.45) is 2.26. The van der Waals surface area contributed by atoms with Crippen molar-refractivity contribution in [3.05, 3.63) is 40.0 Å². The molecule has 1 fully saturated rings. The Morgan fingerprint density at radius 1 is 1.61 bits per heavy atom. The van der Waals surface area contributed by atoms with Gasteiger partial charge in [0.05, 0.1) is 12.2 Å². The van der Waals surface area contributed by atoms with Crippen molar-refractivity contribution >= 4 is 5.91 Å². The molecule has 0 N–H and O–H groups in total. The van der Waals surface area contributed by atoms with Crippen molar-refractivity contribution < 1.29 is 4.79 Å². The van der Waals surface area contributed by atoms with E-state index in [4.69, 9.17) is 5.53 Å². The van der Waals surface area contributed by atoms with Crippen molar-refractivity contribution in [2.45, 2.75) is 19.9 Å². The van der Waals surface area contributed by atoms with E-state index < -0.39 is 0 Å². The normalized spacial score (nSPS) is 18.8. The molecule has 2 heterocycles. The molecule has 0 aliphatic carbocycles. The van der Waals surface area contributed by atoms with Gasteiger partial charge in [0.1, 0.15) is 0 Å². The van der Waals surface area contributed by atoms with Crippen molar-refractivity contribution in [2.75, 3.05) is 13.1 Å². The van der Waals surface area contributed by atoms with Crippen LogP contribution in [0.25, 0.3) is 10.4 Å². The van der Waals surface area contributed by atoms with E-state index in [1.165, 1.54) is 0 Å². The SMILES string of the molecule is Cc1ccc(CN2CC(CN=[N+]=[N-])CC2=O)nc1. The lowest BCUT2D eigenvalue weighted by Gasteiger charge is -2.15. The number of hydrogen-bond donors (Lipinski definition) is 0. The fraction of sp³-hybridized carbons (Fsp3) is 0.500. The summed E-state index contributed by atoms with van der Waals surface area (Å²) in [6, 6.07) is 3.92. The van der Waals surface area contributed by atoms with Crippen LogP contribution in [-0.2, 0) is 11.3 Å². The minimum absolute atomic E-state index is 0.107. The summed E-state index contributed by atoms with van der Waals surface area (Å²) in [7, 11) is 0.